The van der Waals surface area contributed by atoms with Crippen molar-refractivity contribution in [1.82, 2.24) is 0 Å². The minimum absolute atomic E-state index is 0.235. The first-order chi connectivity index (χ1) is 5.15. The van der Waals surface area contributed by atoms with Gasteiger partial charge in [0.2, 0.25) is 0 Å². The zero-order valence-electron chi connectivity index (χ0n) is 7.46. The molecule has 0 unspecified atom stereocenters. The Balaban J connectivity index is 2.79. The van der Waals surface area contributed by atoms with Crippen molar-refractivity contribution in [2.24, 2.45) is 17.8 Å². The van der Waals surface area contributed by atoms with Crippen molar-refractivity contribution in [3.63, 3.8) is 0 Å². The van der Waals surface area contributed by atoms with Crippen LogP contribution < -0.4 is 0 Å². The van der Waals surface area contributed by atoms with E-state index in [0.717, 1.165) is 6.42 Å². The molecule has 1 nitrogen and oxygen atoms in total. The molecule has 60 valence electrons. The fourth-order valence-electron chi connectivity index (χ4n) is 2.02. The van der Waals surface area contributed by atoms with Crippen LogP contribution in [0.1, 0.15) is 27.2 Å². The Labute approximate surface area is 68.7 Å². The molecule has 0 N–H and O–H groups in total. The second-order valence-corrected chi connectivity index (χ2v) is 3.71. The summed E-state index contributed by atoms with van der Waals surface area (Å²) in [4.78, 5) is 0. The van der Waals surface area contributed by atoms with Crippen LogP contribution in [0.5, 0.6) is 0 Å². The van der Waals surface area contributed by atoms with E-state index in [-0.39, 0.29) is 5.92 Å². The van der Waals surface area contributed by atoms with Crippen LogP contribution in [0.2, 0.25) is 0 Å². The molecule has 0 amide bonds. The van der Waals surface area contributed by atoms with Crippen LogP contribution in [0, 0.1) is 29.1 Å². The minimum atomic E-state index is 0.235. The molecule has 1 aliphatic rings. The monoisotopic (exact) mass is 149 g/mol. The molecule has 0 radical (unpaired) electrons. The number of allylic oxidation sites excluding steroid dienone is 2. The van der Waals surface area contributed by atoms with Crippen molar-refractivity contribution in [1.29, 1.82) is 5.26 Å². The van der Waals surface area contributed by atoms with E-state index in [0.29, 0.717) is 11.8 Å². The molecular weight excluding hydrogens is 134 g/mol. The zero-order chi connectivity index (χ0) is 8.43. The van der Waals surface area contributed by atoms with Crippen LogP contribution in [0.4, 0.5) is 0 Å². The van der Waals surface area contributed by atoms with Gasteiger partial charge < -0.3 is 0 Å². The molecule has 0 saturated heterocycles. The molecule has 1 aliphatic carbocycles. The molecule has 0 bridgehead atoms. The Morgan fingerprint density at radius 3 is 2.64 bits per heavy atom. The van der Waals surface area contributed by atoms with E-state index in [1.165, 1.54) is 5.57 Å². The number of nitriles is 1. The van der Waals surface area contributed by atoms with Gasteiger partial charge in [-0.1, -0.05) is 25.5 Å². The number of hydrogen-bond acceptors (Lipinski definition) is 1. The first-order valence-electron chi connectivity index (χ1n) is 4.22. The predicted octanol–water partition coefficient (Wildman–Crippen LogP) is 2.75. The topological polar surface area (TPSA) is 23.8 Å². The Hall–Kier alpha value is -0.770. The normalized spacial score (nSPS) is 37.6. The van der Waals surface area contributed by atoms with Gasteiger partial charge in [-0.25, -0.2) is 0 Å². The molecule has 1 rings (SSSR count). The van der Waals surface area contributed by atoms with E-state index >= 15 is 0 Å². The van der Waals surface area contributed by atoms with Crippen LogP contribution in [0.3, 0.4) is 0 Å². The summed E-state index contributed by atoms with van der Waals surface area (Å²) in [6.07, 6.45) is 3.33. The van der Waals surface area contributed by atoms with E-state index < -0.39 is 0 Å². The quantitative estimate of drug-likeness (QED) is 0.486. The van der Waals surface area contributed by atoms with Gasteiger partial charge in [-0.2, -0.15) is 5.26 Å². The Kier molecular flexibility index (Phi) is 2.34. The van der Waals surface area contributed by atoms with Crippen LogP contribution in [-0.4, -0.2) is 0 Å². The lowest BCUT2D eigenvalue weighted by atomic mass is 9.76. The molecule has 1 heteroatoms. The summed E-state index contributed by atoms with van der Waals surface area (Å²) in [5.41, 5.74) is 1.44. The summed E-state index contributed by atoms with van der Waals surface area (Å²) < 4.78 is 0. The van der Waals surface area contributed by atoms with Gasteiger partial charge in [-0.3, -0.25) is 0 Å². The molecule has 0 aliphatic heterocycles. The summed E-state index contributed by atoms with van der Waals surface area (Å²) in [7, 11) is 0. The predicted molar refractivity (Wildman–Crippen MR) is 45.8 cm³/mol. The SMILES string of the molecule is CC1=C[C@H](C)[C@H](C#N)[C@@H](C)C1. The van der Waals surface area contributed by atoms with Crippen molar-refractivity contribution in [3.05, 3.63) is 11.6 Å². The summed E-state index contributed by atoms with van der Waals surface area (Å²) in [6.45, 7) is 6.45. The molecule has 0 aromatic heterocycles. The summed E-state index contributed by atoms with van der Waals surface area (Å²) in [5.74, 6) is 1.22. The average Bonchev–Trinajstić information content (AvgIpc) is 1.85. The van der Waals surface area contributed by atoms with E-state index in [4.69, 9.17) is 5.26 Å². The highest BCUT2D eigenvalue weighted by molar-refractivity contribution is 5.12. The van der Waals surface area contributed by atoms with Gasteiger partial charge in [0.1, 0.15) is 0 Å². The maximum absolute atomic E-state index is 8.84. The Bertz CT molecular complexity index is 209. The van der Waals surface area contributed by atoms with E-state index in [1.54, 1.807) is 0 Å². The van der Waals surface area contributed by atoms with E-state index in [9.17, 15) is 0 Å². The lowest BCUT2D eigenvalue weighted by Crippen LogP contribution is -2.21. The first kappa shape index (κ1) is 8.33. The van der Waals surface area contributed by atoms with Gasteiger partial charge in [-0.15, -0.1) is 0 Å². The molecule has 11 heavy (non-hydrogen) atoms. The third-order valence-electron chi connectivity index (χ3n) is 2.52. The van der Waals surface area contributed by atoms with Crippen LogP contribution in [-0.2, 0) is 0 Å². The molecule has 0 heterocycles. The van der Waals surface area contributed by atoms with E-state index in [1.807, 2.05) is 0 Å². The van der Waals surface area contributed by atoms with Crippen molar-refractivity contribution in [2.75, 3.05) is 0 Å². The summed E-state index contributed by atoms with van der Waals surface area (Å²) in [6, 6.07) is 2.38. The highest BCUT2D eigenvalue weighted by Gasteiger charge is 2.25. The number of nitrogens with zero attached hydrogens (tertiary/aromatic N) is 1. The van der Waals surface area contributed by atoms with Gasteiger partial charge in [0.15, 0.2) is 0 Å². The molecule has 0 spiro atoms. The number of rotatable bonds is 0. The maximum Gasteiger partial charge on any atom is 0.0664 e. The van der Waals surface area contributed by atoms with Gasteiger partial charge >= 0.3 is 0 Å². The third-order valence-corrected chi connectivity index (χ3v) is 2.52. The van der Waals surface area contributed by atoms with Crippen LogP contribution >= 0.6 is 0 Å². The molecule has 0 fully saturated rings. The highest BCUT2D eigenvalue weighted by Crippen LogP contribution is 2.32. The second kappa shape index (κ2) is 3.09. The standard InChI is InChI=1S/C10H15N/c1-7-4-8(2)10(6-11)9(3)5-7/h4,8-10H,5H2,1-3H3/t8-,9-,10-/m0/s1. The molecule has 0 aromatic carbocycles. The lowest BCUT2D eigenvalue weighted by Gasteiger charge is -2.27. The third kappa shape index (κ3) is 1.63. The second-order valence-electron chi connectivity index (χ2n) is 3.71. The van der Waals surface area contributed by atoms with E-state index in [2.05, 4.69) is 32.9 Å². The highest BCUT2D eigenvalue weighted by atomic mass is 14.3. The van der Waals surface area contributed by atoms with Crippen molar-refractivity contribution < 1.29 is 0 Å². The summed E-state index contributed by atoms with van der Waals surface area (Å²) in [5, 5.41) is 8.84. The summed E-state index contributed by atoms with van der Waals surface area (Å²) >= 11 is 0. The van der Waals surface area contributed by atoms with Crippen molar-refractivity contribution in [3.8, 4) is 6.07 Å². The Morgan fingerprint density at radius 1 is 1.55 bits per heavy atom. The fourth-order valence-corrected chi connectivity index (χ4v) is 2.02. The van der Waals surface area contributed by atoms with Gasteiger partial charge in [-0.05, 0) is 25.2 Å². The molecular formula is C10H15N. The largest absolute Gasteiger partial charge is 0.198 e. The van der Waals surface area contributed by atoms with Crippen LogP contribution in [0.15, 0.2) is 11.6 Å². The molecule has 0 aromatic rings. The van der Waals surface area contributed by atoms with Crippen molar-refractivity contribution in [2.45, 2.75) is 27.2 Å². The number of hydrogen-bond donors (Lipinski definition) is 0. The fraction of sp³-hybridized carbons (Fsp3) is 0.700. The van der Waals surface area contributed by atoms with Crippen LogP contribution in [0.25, 0.3) is 0 Å². The Morgan fingerprint density at radius 2 is 2.18 bits per heavy atom. The maximum atomic E-state index is 8.84. The van der Waals surface area contributed by atoms with Gasteiger partial charge in [0.25, 0.3) is 0 Å². The molecule has 0 saturated carbocycles. The van der Waals surface area contributed by atoms with Gasteiger partial charge in [0, 0.05) is 0 Å². The average molecular weight is 149 g/mol. The van der Waals surface area contributed by atoms with Crippen molar-refractivity contribution >= 4 is 0 Å². The zero-order valence-corrected chi connectivity index (χ0v) is 7.46. The lowest BCUT2D eigenvalue weighted by molar-refractivity contribution is 0.342. The van der Waals surface area contributed by atoms with Gasteiger partial charge in [0.05, 0.1) is 12.0 Å². The first-order valence-corrected chi connectivity index (χ1v) is 4.22. The smallest absolute Gasteiger partial charge is 0.0664 e. The molecule has 3 atom stereocenters. The minimum Gasteiger partial charge on any atom is -0.198 e.